The maximum atomic E-state index is 10.7. The van der Waals surface area contributed by atoms with E-state index in [0.717, 1.165) is 5.56 Å². The standard InChI is InChI=1S/C12H15NO4/c1-12(2)16-9-4-3-7(6-10(9)17-12)5-8(13)11(14)15/h3-4,6,8H,5,13H2,1-2H3,(H,14,15)/t8-/m1/s1. The summed E-state index contributed by atoms with van der Waals surface area (Å²) in [6.07, 6.45) is 0.270. The number of carbonyl (C=O) groups is 1. The highest BCUT2D eigenvalue weighted by atomic mass is 16.7. The first-order valence-electron chi connectivity index (χ1n) is 5.37. The molecule has 1 aliphatic heterocycles. The van der Waals surface area contributed by atoms with Gasteiger partial charge in [0, 0.05) is 13.8 Å². The van der Waals surface area contributed by atoms with Gasteiger partial charge in [0.05, 0.1) is 0 Å². The summed E-state index contributed by atoms with van der Waals surface area (Å²) in [5, 5.41) is 8.74. The monoisotopic (exact) mass is 237 g/mol. The van der Waals surface area contributed by atoms with E-state index in [1.165, 1.54) is 0 Å². The Morgan fingerprint density at radius 1 is 1.41 bits per heavy atom. The lowest BCUT2D eigenvalue weighted by molar-refractivity contribution is -0.138. The molecule has 0 saturated heterocycles. The van der Waals surface area contributed by atoms with Crippen LogP contribution >= 0.6 is 0 Å². The van der Waals surface area contributed by atoms with Crippen LogP contribution in [0.5, 0.6) is 11.5 Å². The Hall–Kier alpha value is -1.75. The van der Waals surface area contributed by atoms with E-state index in [-0.39, 0.29) is 6.42 Å². The molecule has 0 spiro atoms. The first kappa shape index (κ1) is 11.7. The quantitative estimate of drug-likeness (QED) is 0.824. The third-order valence-corrected chi connectivity index (χ3v) is 2.49. The van der Waals surface area contributed by atoms with Crippen LogP contribution in [0.3, 0.4) is 0 Å². The summed E-state index contributed by atoms with van der Waals surface area (Å²) in [5.41, 5.74) is 6.29. The Kier molecular flexibility index (Phi) is 2.71. The zero-order chi connectivity index (χ0) is 12.6. The molecule has 0 aromatic heterocycles. The van der Waals surface area contributed by atoms with E-state index in [0.29, 0.717) is 11.5 Å². The number of rotatable bonds is 3. The van der Waals surface area contributed by atoms with Gasteiger partial charge in [0.25, 0.3) is 0 Å². The molecular weight excluding hydrogens is 222 g/mol. The van der Waals surface area contributed by atoms with Crippen molar-refractivity contribution in [1.29, 1.82) is 0 Å². The molecule has 0 bridgehead atoms. The van der Waals surface area contributed by atoms with Gasteiger partial charge in [-0.15, -0.1) is 0 Å². The van der Waals surface area contributed by atoms with Crippen LogP contribution in [0.4, 0.5) is 0 Å². The number of benzene rings is 1. The van der Waals surface area contributed by atoms with Crippen LogP contribution in [0.1, 0.15) is 19.4 Å². The van der Waals surface area contributed by atoms with Gasteiger partial charge in [0.1, 0.15) is 6.04 Å². The molecule has 1 heterocycles. The van der Waals surface area contributed by atoms with E-state index in [4.69, 9.17) is 20.3 Å². The molecule has 0 aliphatic carbocycles. The lowest BCUT2D eigenvalue weighted by atomic mass is 10.1. The summed E-state index contributed by atoms with van der Waals surface area (Å²) in [6.45, 7) is 3.63. The second-order valence-corrected chi connectivity index (χ2v) is 4.53. The molecule has 5 heteroatoms. The summed E-state index contributed by atoms with van der Waals surface area (Å²) < 4.78 is 11.1. The van der Waals surface area contributed by atoms with Gasteiger partial charge < -0.3 is 20.3 Å². The number of fused-ring (bicyclic) bond motifs is 1. The van der Waals surface area contributed by atoms with Gasteiger partial charge in [-0.1, -0.05) is 6.07 Å². The zero-order valence-corrected chi connectivity index (χ0v) is 9.77. The van der Waals surface area contributed by atoms with Gasteiger partial charge >= 0.3 is 5.97 Å². The third kappa shape index (κ3) is 2.50. The van der Waals surface area contributed by atoms with Crippen LogP contribution in [-0.4, -0.2) is 22.9 Å². The second kappa shape index (κ2) is 3.92. The van der Waals surface area contributed by atoms with E-state index in [1.54, 1.807) is 18.2 Å². The molecule has 3 N–H and O–H groups in total. The van der Waals surface area contributed by atoms with Gasteiger partial charge in [0.15, 0.2) is 11.5 Å². The van der Waals surface area contributed by atoms with Crippen LogP contribution in [0, 0.1) is 0 Å². The van der Waals surface area contributed by atoms with Gasteiger partial charge in [-0.25, -0.2) is 0 Å². The van der Waals surface area contributed by atoms with Crippen molar-refractivity contribution >= 4 is 5.97 Å². The van der Waals surface area contributed by atoms with E-state index >= 15 is 0 Å². The average molecular weight is 237 g/mol. The van der Waals surface area contributed by atoms with Crippen LogP contribution in [-0.2, 0) is 11.2 Å². The topological polar surface area (TPSA) is 81.8 Å². The van der Waals surface area contributed by atoms with E-state index < -0.39 is 17.8 Å². The van der Waals surface area contributed by atoms with Crippen LogP contribution in [0.2, 0.25) is 0 Å². The lowest BCUT2D eigenvalue weighted by Gasteiger charge is -2.16. The van der Waals surface area contributed by atoms with Crippen molar-refractivity contribution in [2.75, 3.05) is 0 Å². The predicted molar refractivity (Wildman–Crippen MR) is 61.1 cm³/mol. The highest BCUT2D eigenvalue weighted by Crippen LogP contribution is 2.39. The Morgan fingerprint density at radius 3 is 2.71 bits per heavy atom. The van der Waals surface area contributed by atoms with Crippen molar-refractivity contribution in [3.05, 3.63) is 23.8 Å². The van der Waals surface area contributed by atoms with Crippen molar-refractivity contribution < 1.29 is 19.4 Å². The normalized spacial score (nSPS) is 17.8. The Bertz CT molecular complexity index is 456. The first-order valence-corrected chi connectivity index (χ1v) is 5.37. The van der Waals surface area contributed by atoms with Gasteiger partial charge in [0.2, 0.25) is 5.79 Å². The summed E-state index contributed by atoms with van der Waals surface area (Å²) >= 11 is 0. The fourth-order valence-corrected chi connectivity index (χ4v) is 1.74. The summed E-state index contributed by atoms with van der Waals surface area (Å²) in [6, 6.07) is 4.44. The molecule has 0 fully saturated rings. The molecule has 1 atom stereocenters. The number of carboxylic acids is 1. The van der Waals surface area contributed by atoms with Crippen molar-refractivity contribution in [3.63, 3.8) is 0 Å². The number of aliphatic carboxylic acids is 1. The highest BCUT2D eigenvalue weighted by Gasteiger charge is 2.31. The maximum Gasteiger partial charge on any atom is 0.320 e. The molecule has 5 nitrogen and oxygen atoms in total. The van der Waals surface area contributed by atoms with Crippen LogP contribution in [0.15, 0.2) is 18.2 Å². The van der Waals surface area contributed by atoms with Gasteiger partial charge in [-0.05, 0) is 24.1 Å². The average Bonchev–Trinajstić information content (AvgIpc) is 2.50. The Morgan fingerprint density at radius 2 is 2.06 bits per heavy atom. The molecule has 0 amide bonds. The highest BCUT2D eigenvalue weighted by molar-refractivity contribution is 5.73. The number of carboxylic acid groups (broad SMARTS) is 1. The van der Waals surface area contributed by atoms with Crippen molar-refractivity contribution in [2.24, 2.45) is 5.73 Å². The van der Waals surface area contributed by atoms with Crippen molar-refractivity contribution in [3.8, 4) is 11.5 Å². The summed E-state index contributed by atoms with van der Waals surface area (Å²) in [7, 11) is 0. The fourth-order valence-electron chi connectivity index (χ4n) is 1.74. The van der Waals surface area contributed by atoms with Crippen LogP contribution < -0.4 is 15.2 Å². The predicted octanol–water partition coefficient (Wildman–Crippen LogP) is 1.15. The number of nitrogens with two attached hydrogens (primary N) is 1. The first-order chi connectivity index (χ1) is 7.87. The molecule has 0 radical (unpaired) electrons. The summed E-state index contributed by atoms with van der Waals surface area (Å²) in [5.74, 6) is -0.383. The zero-order valence-electron chi connectivity index (χ0n) is 9.77. The minimum absolute atomic E-state index is 0.270. The Balaban J connectivity index is 2.16. The molecule has 92 valence electrons. The number of hydrogen-bond acceptors (Lipinski definition) is 4. The molecule has 0 unspecified atom stereocenters. The molecule has 1 aliphatic rings. The molecule has 0 saturated carbocycles. The fraction of sp³-hybridized carbons (Fsp3) is 0.417. The lowest BCUT2D eigenvalue weighted by Crippen LogP contribution is -2.32. The van der Waals surface area contributed by atoms with E-state index in [1.807, 2.05) is 13.8 Å². The van der Waals surface area contributed by atoms with Crippen LogP contribution in [0.25, 0.3) is 0 Å². The van der Waals surface area contributed by atoms with Crippen molar-refractivity contribution in [2.45, 2.75) is 32.1 Å². The van der Waals surface area contributed by atoms with E-state index in [2.05, 4.69) is 0 Å². The number of ether oxygens (including phenoxy) is 2. The van der Waals surface area contributed by atoms with Gasteiger partial charge in [-0.2, -0.15) is 0 Å². The summed E-state index contributed by atoms with van der Waals surface area (Å²) in [4.78, 5) is 10.7. The maximum absolute atomic E-state index is 10.7. The number of hydrogen-bond donors (Lipinski definition) is 2. The molecular formula is C12H15NO4. The largest absolute Gasteiger partial charge is 0.480 e. The van der Waals surface area contributed by atoms with E-state index in [9.17, 15) is 4.79 Å². The molecule has 1 aromatic carbocycles. The molecule has 17 heavy (non-hydrogen) atoms. The minimum Gasteiger partial charge on any atom is -0.480 e. The molecule has 1 aromatic rings. The minimum atomic E-state index is -1.01. The second-order valence-electron chi connectivity index (χ2n) is 4.53. The van der Waals surface area contributed by atoms with Gasteiger partial charge in [-0.3, -0.25) is 4.79 Å². The van der Waals surface area contributed by atoms with Crippen molar-refractivity contribution in [1.82, 2.24) is 0 Å². The Labute approximate surface area is 99.1 Å². The SMILES string of the molecule is CC1(C)Oc2ccc(C[C@@H](N)C(=O)O)cc2O1. The smallest absolute Gasteiger partial charge is 0.320 e. The third-order valence-electron chi connectivity index (χ3n) is 2.49. The molecule has 2 rings (SSSR count).